The number of methoxy groups -OCH3 is 1. The summed E-state index contributed by atoms with van der Waals surface area (Å²) in [5.41, 5.74) is 5.76. The van der Waals surface area contributed by atoms with Crippen molar-refractivity contribution in [2.24, 2.45) is 10.7 Å². The van der Waals surface area contributed by atoms with Gasteiger partial charge < -0.3 is 21.1 Å². The van der Waals surface area contributed by atoms with Crippen molar-refractivity contribution in [2.45, 2.75) is 25.8 Å². The minimum Gasteiger partial charge on any atom is -0.383 e. The van der Waals surface area contributed by atoms with Crippen LogP contribution in [0.25, 0.3) is 0 Å². The van der Waals surface area contributed by atoms with E-state index < -0.39 is 0 Å². The van der Waals surface area contributed by atoms with Gasteiger partial charge in [-0.2, -0.15) is 0 Å². The topological polar surface area (TPSA) is 92.0 Å². The van der Waals surface area contributed by atoms with Crippen molar-refractivity contribution in [1.82, 2.24) is 15.5 Å². The molecule has 4 N–H and O–H groups in total. The molecule has 0 aromatic rings. The van der Waals surface area contributed by atoms with Crippen LogP contribution in [0.15, 0.2) is 4.99 Å². The van der Waals surface area contributed by atoms with Crippen LogP contribution in [0.3, 0.4) is 0 Å². The maximum Gasteiger partial charge on any atom is 0.241 e. The second kappa shape index (κ2) is 9.55. The van der Waals surface area contributed by atoms with E-state index in [2.05, 4.69) is 27.4 Å². The van der Waals surface area contributed by atoms with Crippen LogP contribution in [-0.4, -0.2) is 69.2 Å². The number of nitrogens with two attached hydrogens (primary N) is 1. The van der Waals surface area contributed by atoms with Gasteiger partial charge in [0.05, 0.1) is 6.61 Å². The Hall–Kier alpha value is -1.34. The van der Waals surface area contributed by atoms with Crippen LogP contribution in [0.1, 0.15) is 19.8 Å². The first kappa shape index (κ1) is 16.7. The monoisotopic (exact) mass is 285 g/mol. The molecule has 0 aromatic carbocycles. The molecule has 0 spiro atoms. The van der Waals surface area contributed by atoms with Crippen molar-refractivity contribution in [3.63, 3.8) is 0 Å². The third-order valence-corrected chi connectivity index (χ3v) is 3.45. The lowest BCUT2D eigenvalue weighted by atomic mass is 10.2. The van der Waals surface area contributed by atoms with Gasteiger partial charge in [-0.05, 0) is 25.9 Å². The van der Waals surface area contributed by atoms with E-state index in [4.69, 9.17) is 10.5 Å². The zero-order valence-electron chi connectivity index (χ0n) is 12.5. The summed E-state index contributed by atoms with van der Waals surface area (Å²) in [4.78, 5) is 17.9. The van der Waals surface area contributed by atoms with Gasteiger partial charge in [0.2, 0.25) is 5.91 Å². The minimum atomic E-state index is -0.150. The molecule has 1 aliphatic heterocycles. The lowest BCUT2D eigenvalue weighted by molar-refractivity contribution is -0.119. The van der Waals surface area contributed by atoms with E-state index >= 15 is 0 Å². The van der Waals surface area contributed by atoms with Gasteiger partial charge in [0.1, 0.15) is 6.54 Å². The Kier molecular flexibility index (Phi) is 7.98. The zero-order valence-corrected chi connectivity index (χ0v) is 12.5. The van der Waals surface area contributed by atoms with Crippen LogP contribution in [-0.2, 0) is 9.53 Å². The summed E-state index contributed by atoms with van der Waals surface area (Å²) >= 11 is 0. The van der Waals surface area contributed by atoms with Gasteiger partial charge in [0.25, 0.3) is 0 Å². The van der Waals surface area contributed by atoms with Gasteiger partial charge in [-0.1, -0.05) is 6.92 Å². The number of carbonyl (C=O) groups is 1. The highest BCUT2D eigenvalue weighted by atomic mass is 16.5. The van der Waals surface area contributed by atoms with Crippen molar-refractivity contribution in [3.05, 3.63) is 0 Å². The summed E-state index contributed by atoms with van der Waals surface area (Å²) < 4.78 is 4.84. The normalized spacial score (nSPS) is 20.1. The molecule has 0 radical (unpaired) electrons. The van der Waals surface area contributed by atoms with Gasteiger partial charge in [-0.3, -0.25) is 9.69 Å². The summed E-state index contributed by atoms with van der Waals surface area (Å²) in [7, 11) is 1.59. The molecule has 1 rings (SSSR count). The fourth-order valence-corrected chi connectivity index (χ4v) is 2.33. The van der Waals surface area contributed by atoms with Crippen LogP contribution in [0, 0.1) is 0 Å². The van der Waals surface area contributed by atoms with E-state index in [1.54, 1.807) is 7.11 Å². The van der Waals surface area contributed by atoms with Gasteiger partial charge >= 0.3 is 0 Å². The molecule has 116 valence electrons. The van der Waals surface area contributed by atoms with Gasteiger partial charge in [-0.25, -0.2) is 4.99 Å². The minimum absolute atomic E-state index is 0.0463. The Morgan fingerprint density at radius 3 is 3.00 bits per heavy atom. The molecule has 0 saturated carbocycles. The Morgan fingerprint density at radius 2 is 2.30 bits per heavy atom. The lowest BCUT2D eigenvalue weighted by Gasteiger charge is -2.23. The molecule has 1 atom stereocenters. The number of likely N-dealkylation sites (tertiary alicyclic amines) is 1. The molecule has 1 heterocycles. The molecule has 1 amide bonds. The molecule has 1 fully saturated rings. The summed E-state index contributed by atoms with van der Waals surface area (Å²) in [5, 5.41) is 5.78. The SMILES string of the molecule is CCN1CCCC1CNC(N)=NCC(=O)NCCOC. The largest absolute Gasteiger partial charge is 0.383 e. The zero-order chi connectivity index (χ0) is 14.8. The van der Waals surface area contributed by atoms with Crippen LogP contribution >= 0.6 is 0 Å². The second-order valence-corrected chi connectivity index (χ2v) is 4.85. The molecule has 0 aromatic heterocycles. The Morgan fingerprint density at radius 1 is 1.50 bits per heavy atom. The molecule has 1 unspecified atom stereocenters. The first-order valence-corrected chi connectivity index (χ1v) is 7.20. The smallest absolute Gasteiger partial charge is 0.241 e. The number of rotatable bonds is 8. The van der Waals surface area contributed by atoms with Crippen molar-refractivity contribution < 1.29 is 9.53 Å². The van der Waals surface area contributed by atoms with Gasteiger partial charge in [0.15, 0.2) is 5.96 Å². The van der Waals surface area contributed by atoms with Crippen LogP contribution < -0.4 is 16.4 Å². The van der Waals surface area contributed by atoms with Crippen LogP contribution in [0.2, 0.25) is 0 Å². The number of guanidine groups is 1. The molecule has 1 saturated heterocycles. The highest BCUT2D eigenvalue weighted by Crippen LogP contribution is 2.15. The number of likely N-dealkylation sites (N-methyl/N-ethyl adjacent to an activating group) is 1. The second-order valence-electron chi connectivity index (χ2n) is 4.85. The van der Waals surface area contributed by atoms with Crippen molar-refractivity contribution in [2.75, 3.05) is 46.4 Å². The first-order valence-electron chi connectivity index (χ1n) is 7.20. The molecule has 0 aliphatic carbocycles. The number of hydrogen-bond acceptors (Lipinski definition) is 4. The predicted molar refractivity (Wildman–Crippen MR) is 79.6 cm³/mol. The fraction of sp³-hybridized carbons (Fsp3) is 0.846. The van der Waals surface area contributed by atoms with E-state index in [0.717, 1.165) is 19.6 Å². The average Bonchev–Trinajstić information content (AvgIpc) is 2.90. The van der Waals surface area contributed by atoms with E-state index in [-0.39, 0.29) is 12.5 Å². The number of nitrogens with zero attached hydrogens (tertiary/aromatic N) is 2. The number of ether oxygens (including phenoxy) is 1. The van der Waals surface area contributed by atoms with E-state index in [0.29, 0.717) is 25.2 Å². The Balaban J connectivity index is 2.19. The lowest BCUT2D eigenvalue weighted by Crippen LogP contribution is -2.43. The summed E-state index contributed by atoms with van der Waals surface area (Å²) in [6, 6.07) is 0.518. The summed E-state index contributed by atoms with van der Waals surface area (Å²) in [5.74, 6) is 0.178. The van der Waals surface area contributed by atoms with E-state index in [1.165, 1.54) is 12.8 Å². The van der Waals surface area contributed by atoms with Crippen LogP contribution in [0.4, 0.5) is 0 Å². The molecule has 7 nitrogen and oxygen atoms in total. The quantitative estimate of drug-likeness (QED) is 0.306. The summed E-state index contributed by atoms with van der Waals surface area (Å²) in [6.07, 6.45) is 2.42. The van der Waals surface area contributed by atoms with Crippen molar-refractivity contribution in [3.8, 4) is 0 Å². The molecule has 7 heteroatoms. The van der Waals surface area contributed by atoms with Gasteiger partial charge in [-0.15, -0.1) is 0 Å². The van der Waals surface area contributed by atoms with E-state index in [1.807, 2.05) is 0 Å². The molecule has 20 heavy (non-hydrogen) atoms. The maximum atomic E-state index is 11.4. The molecule has 0 bridgehead atoms. The van der Waals surface area contributed by atoms with Gasteiger partial charge in [0, 0.05) is 26.2 Å². The Bertz CT molecular complexity index is 322. The maximum absolute atomic E-state index is 11.4. The molecule has 1 aliphatic rings. The number of nitrogens with one attached hydrogen (secondary N) is 2. The average molecular weight is 285 g/mol. The highest BCUT2D eigenvalue weighted by molar-refractivity contribution is 5.83. The number of amides is 1. The molecular weight excluding hydrogens is 258 g/mol. The van der Waals surface area contributed by atoms with Crippen molar-refractivity contribution in [1.29, 1.82) is 0 Å². The van der Waals surface area contributed by atoms with E-state index in [9.17, 15) is 4.79 Å². The third-order valence-electron chi connectivity index (χ3n) is 3.45. The predicted octanol–water partition coefficient (Wildman–Crippen LogP) is -0.862. The van der Waals surface area contributed by atoms with Crippen LogP contribution in [0.5, 0.6) is 0 Å². The number of aliphatic imine (C=N–C) groups is 1. The Labute approximate surface area is 120 Å². The number of hydrogen-bond donors (Lipinski definition) is 3. The first-order chi connectivity index (χ1) is 9.67. The highest BCUT2D eigenvalue weighted by Gasteiger charge is 2.22. The fourth-order valence-electron chi connectivity index (χ4n) is 2.33. The third kappa shape index (κ3) is 6.21. The standard InChI is InChI=1S/C13H27N5O2/c1-3-18-7-4-5-11(18)9-16-13(14)17-10-12(19)15-6-8-20-2/h11H,3-10H2,1-2H3,(H,15,19)(H3,14,16,17). The number of carbonyl (C=O) groups excluding carboxylic acids is 1. The summed E-state index contributed by atoms with van der Waals surface area (Å²) in [6.45, 7) is 6.20. The molecular formula is C13H27N5O2. The van der Waals surface area contributed by atoms with Crippen molar-refractivity contribution >= 4 is 11.9 Å².